The fourth-order valence-corrected chi connectivity index (χ4v) is 2.41. The molecule has 0 spiro atoms. The van der Waals surface area contributed by atoms with Crippen molar-refractivity contribution < 1.29 is 9.53 Å². The fourth-order valence-electron chi connectivity index (χ4n) is 2.18. The number of amides is 1. The number of aromatic nitrogens is 3. The maximum absolute atomic E-state index is 11.8. The van der Waals surface area contributed by atoms with Gasteiger partial charge in [0, 0.05) is 25.6 Å². The van der Waals surface area contributed by atoms with Gasteiger partial charge in [-0.15, -0.1) is 0 Å². The number of carbonyl (C=O) groups is 1. The predicted molar refractivity (Wildman–Crippen MR) is 73.5 cm³/mol. The Morgan fingerprint density at radius 1 is 1.68 bits per heavy atom. The number of aromatic amines is 1. The van der Waals surface area contributed by atoms with Gasteiger partial charge in [0.2, 0.25) is 5.91 Å². The molecule has 1 amide bonds. The second kappa shape index (κ2) is 6.29. The van der Waals surface area contributed by atoms with Crippen LogP contribution in [-0.4, -0.2) is 39.9 Å². The zero-order valence-electron chi connectivity index (χ0n) is 11.3. The lowest BCUT2D eigenvalue weighted by Gasteiger charge is -2.12. The first-order chi connectivity index (χ1) is 9.09. The topological polar surface area (TPSA) is 71.9 Å². The molecule has 1 atom stereocenters. The lowest BCUT2D eigenvalue weighted by atomic mass is 10.2. The highest BCUT2D eigenvalue weighted by molar-refractivity contribution is 7.71. The molecule has 2 heterocycles. The van der Waals surface area contributed by atoms with Crippen molar-refractivity contribution in [3.05, 3.63) is 10.6 Å². The van der Waals surface area contributed by atoms with E-state index in [1.54, 1.807) is 0 Å². The molecule has 2 rings (SSSR count). The van der Waals surface area contributed by atoms with Crippen molar-refractivity contribution in [3.63, 3.8) is 0 Å². The fraction of sp³-hybridized carbons (Fsp3) is 0.750. The molecule has 6 nitrogen and oxygen atoms in total. The Hall–Kier alpha value is -1.21. The highest BCUT2D eigenvalue weighted by Crippen LogP contribution is 2.12. The van der Waals surface area contributed by atoms with E-state index in [1.807, 2.05) is 4.57 Å². The summed E-state index contributed by atoms with van der Waals surface area (Å²) in [6.07, 6.45) is 1.50. The van der Waals surface area contributed by atoms with E-state index in [4.69, 9.17) is 17.0 Å². The van der Waals surface area contributed by atoms with Gasteiger partial charge in [0.15, 0.2) is 4.77 Å². The molecule has 2 N–H and O–H groups in total. The van der Waals surface area contributed by atoms with Crippen LogP contribution in [0, 0.1) is 4.77 Å². The third-order valence-corrected chi connectivity index (χ3v) is 3.47. The molecular formula is C12H20N4O2S. The number of carbonyl (C=O) groups excluding carboxylic acids is 1. The Balaban J connectivity index is 1.87. The lowest BCUT2D eigenvalue weighted by Crippen LogP contribution is -2.36. The average Bonchev–Trinajstić information content (AvgIpc) is 2.99. The molecule has 7 heteroatoms. The third-order valence-electron chi connectivity index (χ3n) is 3.16. The molecule has 1 aromatic heterocycles. The second-order valence-corrected chi connectivity index (χ2v) is 5.37. The van der Waals surface area contributed by atoms with Crippen molar-refractivity contribution in [2.24, 2.45) is 0 Å². The number of ether oxygens (including phenoxy) is 1. The van der Waals surface area contributed by atoms with Crippen LogP contribution in [0.5, 0.6) is 0 Å². The SMILES string of the molecule is CC(C)c1n[nH]c(=S)n1CCNC(=O)C1CCCO1. The lowest BCUT2D eigenvalue weighted by molar-refractivity contribution is -0.130. The first kappa shape index (κ1) is 14.2. The Morgan fingerprint density at radius 2 is 2.47 bits per heavy atom. The molecule has 1 aliphatic heterocycles. The molecule has 1 aromatic rings. The van der Waals surface area contributed by atoms with E-state index in [-0.39, 0.29) is 12.0 Å². The Morgan fingerprint density at radius 3 is 3.11 bits per heavy atom. The largest absolute Gasteiger partial charge is 0.368 e. The molecule has 1 fully saturated rings. The van der Waals surface area contributed by atoms with Gasteiger partial charge in [-0.2, -0.15) is 5.10 Å². The summed E-state index contributed by atoms with van der Waals surface area (Å²) in [4.78, 5) is 11.8. The van der Waals surface area contributed by atoms with Gasteiger partial charge in [0.05, 0.1) is 0 Å². The van der Waals surface area contributed by atoms with Crippen molar-refractivity contribution in [3.8, 4) is 0 Å². The minimum absolute atomic E-state index is 0.0291. The number of hydrogen-bond acceptors (Lipinski definition) is 4. The first-order valence-corrected chi connectivity index (χ1v) is 7.05. The van der Waals surface area contributed by atoms with Gasteiger partial charge in [0.25, 0.3) is 0 Å². The van der Waals surface area contributed by atoms with Crippen LogP contribution in [-0.2, 0) is 16.1 Å². The standard InChI is InChI=1S/C12H20N4O2S/c1-8(2)10-14-15-12(19)16(10)6-5-13-11(17)9-4-3-7-18-9/h8-9H,3-7H2,1-2H3,(H,13,17)(H,15,19). The number of H-pyrrole nitrogens is 1. The Labute approximate surface area is 117 Å². The average molecular weight is 284 g/mol. The monoisotopic (exact) mass is 284 g/mol. The summed E-state index contributed by atoms with van der Waals surface area (Å²) in [6, 6.07) is 0. The zero-order chi connectivity index (χ0) is 13.8. The maximum atomic E-state index is 11.8. The molecule has 19 heavy (non-hydrogen) atoms. The van der Waals surface area contributed by atoms with E-state index < -0.39 is 0 Å². The van der Waals surface area contributed by atoms with Crippen molar-refractivity contribution in [1.29, 1.82) is 0 Å². The van der Waals surface area contributed by atoms with Crippen LogP contribution in [0.25, 0.3) is 0 Å². The molecule has 0 saturated carbocycles. The molecule has 1 aliphatic rings. The van der Waals surface area contributed by atoms with Gasteiger partial charge < -0.3 is 14.6 Å². The van der Waals surface area contributed by atoms with Gasteiger partial charge in [0.1, 0.15) is 11.9 Å². The van der Waals surface area contributed by atoms with Crippen LogP contribution in [0.2, 0.25) is 0 Å². The maximum Gasteiger partial charge on any atom is 0.249 e. The van der Waals surface area contributed by atoms with Crippen LogP contribution in [0.3, 0.4) is 0 Å². The quantitative estimate of drug-likeness (QED) is 0.801. The number of nitrogens with one attached hydrogen (secondary N) is 2. The summed E-state index contributed by atoms with van der Waals surface area (Å²) in [6.45, 7) is 5.97. The minimum Gasteiger partial charge on any atom is -0.368 e. The van der Waals surface area contributed by atoms with E-state index in [2.05, 4.69) is 29.4 Å². The van der Waals surface area contributed by atoms with E-state index in [9.17, 15) is 4.79 Å². The minimum atomic E-state index is -0.276. The van der Waals surface area contributed by atoms with E-state index in [0.717, 1.165) is 18.7 Å². The van der Waals surface area contributed by atoms with Crippen molar-refractivity contribution >= 4 is 18.1 Å². The smallest absolute Gasteiger partial charge is 0.249 e. The molecular weight excluding hydrogens is 264 g/mol. The Bertz CT molecular complexity index is 488. The third kappa shape index (κ3) is 3.42. The van der Waals surface area contributed by atoms with Crippen LogP contribution in [0.4, 0.5) is 0 Å². The van der Waals surface area contributed by atoms with Gasteiger partial charge >= 0.3 is 0 Å². The highest BCUT2D eigenvalue weighted by atomic mass is 32.1. The van der Waals surface area contributed by atoms with Crippen molar-refractivity contribution in [2.75, 3.05) is 13.2 Å². The van der Waals surface area contributed by atoms with Gasteiger partial charge in [-0.05, 0) is 25.1 Å². The zero-order valence-corrected chi connectivity index (χ0v) is 12.1. The van der Waals surface area contributed by atoms with Crippen LogP contribution >= 0.6 is 12.2 Å². The van der Waals surface area contributed by atoms with Crippen molar-refractivity contribution in [2.45, 2.75) is 45.3 Å². The normalized spacial score (nSPS) is 19.0. The van der Waals surface area contributed by atoms with Gasteiger partial charge in [-0.1, -0.05) is 13.8 Å². The number of nitrogens with zero attached hydrogens (tertiary/aromatic N) is 2. The number of hydrogen-bond donors (Lipinski definition) is 2. The molecule has 0 aliphatic carbocycles. The molecule has 0 aromatic carbocycles. The Kier molecular flexibility index (Phi) is 4.71. The molecule has 1 saturated heterocycles. The van der Waals surface area contributed by atoms with Gasteiger partial charge in [-0.25, -0.2) is 0 Å². The van der Waals surface area contributed by atoms with Crippen LogP contribution < -0.4 is 5.32 Å². The van der Waals surface area contributed by atoms with Gasteiger partial charge in [-0.3, -0.25) is 9.89 Å². The number of rotatable bonds is 5. The molecule has 0 bridgehead atoms. The molecule has 1 unspecified atom stereocenters. The van der Waals surface area contributed by atoms with Crippen molar-refractivity contribution in [1.82, 2.24) is 20.1 Å². The summed E-state index contributed by atoms with van der Waals surface area (Å²) in [5, 5.41) is 9.87. The summed E-state index contributed by atoms with van der Waals surface area (Å²) < 4.78 is 7.85. The first-order valence-electron chi connectivity index (χ1n) is 6.64. The van der Waals surface area contributed by atoms with Crippen LogP contribution in [0.1, 0.15) is 38.4 Å². The van der Waals surface area contributed by atoms with Crippen LogP contribution in [0.15, 0.2) is 0 Å². The summed E-state index contributed by atoms with van der Waals surface area (Å²) in [7, 11) is 0. The van der Waals surface area contributed by atoms with E-state index in [1.165, 1.54) is 0 Å². The summed E-state index contributed by atoms with van der Waals surface area (Å²) >= 11 is 5.19. The molecule has 0 radical (unpaired) electrons. The second-order valence-electron chi connectivity index (χ2n) is 4.99. The predicted octanol–water partition coefficient (Wildman–Crippen LogP) is 1.36. The molecule has 106 valence electrons. The highest BCUT2D eigenvalue weighted by Gasteiger charge is 2.23. The summed E-state index contributed by atoms with van der Waals surface area (Å²) in [5.74, 6) is 1.18. The van der Waals surface area contributed by atoms with E-state index >= 15 is 0 Å². The summed E-state index contributed by atoms with van der Waals surface area (Å²) in [5.41, 5.74) is 0. The van der Waals surface area contributed by atoms with E-state index in [0.29, 0.717) is 30.4 Å².